The van der Waals surface area contributed by atoms with Gasteiger partial charge in [0.05, 0.1) is 33.1 Å². The van der Waals surface area contributed by atoms with Crippen molar-refractivity contribution in [1.82, 2.24) is 4.57 Å². The Bertz CT molecular complexity index is 2560. The van der Waals surface area contributed by atoms with Crippen molar-refractivity contribution in [3.05, 3.63) is 127 Å². The number of hydrogen-bond donors (Lipinski definition) is 0. The predicted molar refractivity (Wildman–Crippen MR) is 171 cm³/mol. The second kappa shape index (κ2) is 8.32. The Morgan fingerprint density at radius 2 is 1.37 bits per heavy atom. The number of nitriles is 1. The van der Waals surface area contributed by atoms with Crippen LogP contribution in [0.25, 0.3) is 80.7 Å². The van der Waals surface area contributed by atoms with Gasteiger partial charge in [-0.05, 0) is 48.0 Å². The maximum Gasteiger partial charge on any atom is 0.135 e. The van der Waals surface area contributed by atoms with Crippen molar-refractivity contribution >= 4 is 75.3 Å². The molecule has 190 valence electrons. The Labute approximate surface area is 238 Å². The molecule has 0 N–H and O–H groups in total. The van der Waals surface area contributed by atoms with E-state index >= 15 is 0 Å². The monoisotopic (exact) mass is 540 g/mol. The molecule has 0 aliphatic heterocycles. The molecule has 0 unspecified atom stereocenters. The number of para-hydroxylation sites is 2. The normalized spacial score (nSPS) is 11.9. The van der Waals surface area contributed by atoms with E-state index < -0.39 is 0 Å². The molecule has 0 saturated heterocycles. The highest BCUT2D eigenvalue weighted by molar-refractivity contribution is 7.26. The van der Waals surface area contributed by atoms with Crippen molar-refractivity contribution in [2.45, 2.75) is 0 Å². The highest BCUT2D eigenvalue weighted by Gasteiger charge is 2.21. The molecule has 9 rings (SSSR count). The molecule has 41 heavy (non-hydrogen) atoms. The molecule has 3 aromatic heterocycles. The van der Waals surface area contributed by atoms with Gasteiger partial charge in [-0.2, -0.15) is 5.26 Å². The summed E-state index contributed by atoms with van der Waals surface area (Å²) in [6, 6.07) is 44.7. The number of nitrogens with zero attached hydrogens (tertiary/aromatic N) is 2. The minimum atomic E-state index is 0.643. The molecule has 0 fully saturated rings. The largest absolute Gasteiger partial charge is 0.456 e. The first-order chi connectivity index (χ1) is 20.3. The minimum Gasteiger partial charge on any atom is -0.456 e. The minimum absolute atomic E-state index is 0.643. The van der Waals surface area contributed by atoms with Crippen LogP contribution in [0.3, 0.4) is 0 Å². The third kappa shape index (κ3) is 3.07. The molecule has 6 aromatic carbocycles. The van der Waals surface area contributed by atoms with Crippen LogP contribution in [-0.2, 0) is 0 Å². The fourth-order valence-electron chi connectivity index (χ4n) is 6.49. The van der Waals surface area contributed by atoms with Crippen molar-refractivity contribution in [2.24, 2.45) is 0 Å². The van der Waals surface area contributed by atoms with Gasteiger partial charge in [0, 0.05) is 42.6 Å². The highest BCUT2D eigenvalue weighted by atomic mass is 32.1. The average Bonchev–Trinajstić information content (AvgIpc) is 3.70. The molecule has 4 heteroatoms. The lowest BCUT2D eigenvalue weighted by molar-refractivity contribution is 0.669. The smallest absolute Gasteiger partial charge is 0.135 e. The molecule has 0 aliphatic carbocycles. The topological polar surface area (TPSA) is 41.9 Å². The summed E-state index contributed by atoms with van der Waals surface area (Å²) in [5.74, 6) is 0. The van der Waals surface area contributed by atoms with Crippen LogP contribution in [0.5, 0.6) is 0 Å². The number of furan rings is 1. The van der Waals surface area contributed by atoms with E-state index in [9.17, 15) is 5.26 Å². The van der Waals surface area contributed by atoms with Gasteiger partial charge >= 0.3 is 0 Å². The fraction of sp³-hybridized carbons (Fsp3) is 0. The fourth-order valence-corrected chi connectivity index (χ4v) is 7.73. The van der Waals surface area contributed by atoms with Crippen molar-refractivity contribution in [3.8, 4) is 22.9 Å². The van der Waals surface area contributed by atoms with Crippen LogP contribution in [0, 0.1) is 11.3 Å². The van der Waals surface area contributed by atoms with E-state index in [-0.39, 0.29) is 0 Å². The SMILES string of the molecule is N#Cc1cccc(-n2c3ccccc3c3ccc4c5ccccc5sc4c32)c1-c1ccc2oc3ccccc3c2c1. The van der Waals surface area contributed by atoms with E-state index in [4.69, 9.17) is 4.42 Å². The van der Waals surface area contributed by atoms with E-state index in [1.807, 2.05) is 47.7 Å². The Morgan fingerprint density at radius 3 is 2.27 bits per heavy atom. The first-order valence-electron chi connectivity index (χ1n) is 13.6. The molecule has 0 aliphatic rings. The van der Waals surface area contributed by atoms with Crippen LogP contribution in [-0.4, -0.2) is 4.57 Å². The van der Waals surface area contributed by atoms with E-state index in [1.165, 1.54) is 36.5 Å². The number of hydrogen-bond acceptors (Lipinski definition) is 3. The lowest BCUT2D eigenvalue weighted by Crippen LogP contribution is -1.99. The Kier molecular flexibility index (Phi) is 4.55. The molecule has 9 aromatic rings. The van der Waals surface area contributed by atoms with Crippen LogP contribution < -0.4 is 0 Å². The van der Waals surface area contributed by atoms with Gasteiger partial charge < -0.3 is 8.98 Å². The van der Waals surface area contributed by atoms with Crippen LogP contribution in [0.1, 0.15) is 5.56 Å². The molecule has 0 spiro atoms. The van der Waals surface area contributed by atoms with Crippen LogP contribution in [0.15, 0.2) is 126 Å². The highest BCUT2D eigenvalue weighted by Crippen LogP contribution is 2.45. The van der Waals surface area contributed by atoms with Gasteiger partial charge in [-0.25, -0.2) is 0 Å². The summed E-state index contributed by atoms with van der Waals surface area (Å²) < 4.78 is 11.0. The van der Waals surface area contributed by atoms with Crippen LogP contribution >= 0.6 is 11.3 Å². The average molecular weight is 541 g/mol. The maximum absolute atomic E-state index is 10.4. The van der Waals surface area contributed by atoms with Gasteiger partial charge in [0.2, 0.25) is 0 Å². The summed E-state index contributed by atoms with van der Waals surface area (Å²) in [5, 5.41) is 17.4. The predicted octanol–water partition coefficient (Wildman–Crippen LogP) is 10.6. The van der Waals surface area contributed by atoms with Gasteiger partial charge in [0.15, 0.2) is 0 Å². The van der Waals surface area contributed by atoms with Gasteiger partial charge in [0.25, 0.3) is 0 Å². The first-order valence-corrected chi connectivity index (χ1v) is 14.4. The zero-order valence-corrected chi connectivity index (χ0v) is 22.6. The molecule has 0 bridgehead atoms. The lowest BCUT2D eigenvalue weighted by Gasteiger charge is -2.16. The Morgan fingerprint density at radius 1 is 0.610 bits per heavy atom. The number of rotatable bonds is 2. The standard InChI is InChI=1S/C37H20N2OS/c38-21-23-8-7-13-31(35(23)22-16-19-33-29(20-22)25-10-2-5-14-32(25)40-33)39-30-12-4-1-9-24(30)27-17-18-28-26-11-3-6-15-34(26)41-37(28)36(27)39/h1-20H. The molecule has 0 radical (unpaired) electrons. The molecule has 0 atom stereocenters. The lowest BCUT2D eigenvalue weighted by atomic mass is 9.96. The van der Waals surface area contributed by atoms with Gasteiger partial charge in [0.1, 0.15) is 11.2 Å². The number of benzene rings is 6. The van der Waals surface area contributed by atoms with Gasteiger partial charge in [-0.15, -0.1) is 11.3 Å². The van der Waals surface area contributed by atoms with Crippen LogP contribution in [0.2, 0.25) is 0 Å². The van der Waals surface area contributed by atoms with E-state index in [0.29, 0.717) is 5.56 Å². The quantitative estimate of drug-likeness (QED) is 0.219. The first kappa shape index (κ1) is 22.4. The van der Waals surface area contributed by atoms with Crippen molar-refractivity contribution in [3.63, 3.8) is 0 Å². The van der Waals surface area contributed by atoms with Crippen LogP contribution in [0.4, 0.5) is 0 Å². The molecule has 3 heterocycles. The second-order valence-electron chi connectivity index (χ2n) is 10.4. The number of aromatic nitrogens is 1. The third-order valence-corrected chi connectivity index (χ3v) is 9.44. The summed E-state index contributed by atoms with van der Waals surface area (Å²) in [7, 11) is 0. The van der Waals surface area contributed by atoms with Crippen molar-refractivity contribution < 1.29 is 4.42 Å². The molecule has 0 saturated carbocycles. The Balaban J connectivity index is 1.44. The number of thiophene rings is 1. The zero-order chi connectivity index (χ0) is 27.1. The molecule has 0 amide bonds. The zero-order valence-electron chi connectivity index (χ0n) is 21.8. The maximum atomic E-state index is 10.4. The van der Waals surface area contributed by atoms with Crippen molar-refractivity contribution in [1.29, 1.82) is 5.26 Å². The molecular weight excluding hydrogens is 520 g/mol. The summed E-state index contributed by atoms with van der Waals surface area (Å²) in [5.41, 5.74) is 7.55. The Hall–Kier alpha value is -5.37. The summed E-state index contributed by atoms with van der Waals surface area (Å²) in [6.45, 7) is 0. The number of fused-ring (bicyclic) bond motifs is 10. The summed E-state index contributed by atoms with van der Waals surface area (Å²) in [4.78, 5) is 0. The van der Waals surface area contributed by atoms with E-state index in [1.54, 1.807) is 0 Å². The van der Waals surface area contributed by atoms with Gasteiger partial charge in [-0.3, -0.25) is 0 Å². The van der Waals surface area contributed by atoms with Gasteiger partial charge in [-0.1, -0.05) is 78.9 Å². The molecular formula is C37H20N2OS. The summed E-state index contributed by atoms with van der Waals surface area (Å²) >= 11 is 1.83. The third-order valence-electron chi connectivity index (χ3n) is 8.25. The second-order valence-corrected chi connectivity index (χ2v) is 11.5. The van der Waals surface area contributed by atoms with E-state index in [2.05, 4.69) is 95.6 Å². The van der Waals surface area contributed by atoms with E-state index in [0.717, 1.165) is 44.3 Å². The van der Waals surface area contributed by atoms with Crippen molar-refractivity contribution in [2.75, 3.05) is 0 Å². The molecule has 3 nitrogen and oxygen atoms in total. The summed E-state index contributed by atoms with van der Waals surface area (Å²) in [6.07, 6.45) is 0.